The molecule has 0 radical (unpaired) electrons. The van der Waals surface area contributed by atoms with E-state index in [0.29, 0.717) is 22.5 Å². The van der Waals surface area contributed by atoms with Crippen LogP contribution in [0, 0.1) is 0 Å². The third-order valence-corrected chi connectivity index (χ3v) is 2.02. The lowest BCUT2D eigenvalue weighted by Crippen LogP contribution is -2.06. The lowest BCUT2D eigenvalue weighted by atomic mass is 10.2. The molecule has 1 aromatic rings. The number of hydrogen-bond donors (Lipinski definition) is 2. The lowest BCUT2D eigenvalue weighted by molar-refractivity contribution is 0.778. The minimum atomic E-state index is 0.242. The van der Waals surface area contributed by atoms with E-state index in [0.717, 1.165) is 0 Å². The molecular formula is C8H13ClN4. The van der Waals surface area contributed by atoms with Gasteiger partial charge in [-0.15, -0.1) is 0 Å². The van der Waals surface area contributed by atoms with E-state index in [1.54, 1.807) is 7.05 Å². The maximum absolute atomic E-state index is 5.86. The first-order chi connectivity index (χ1) is 6.06. The van der Waals surface area contributed by atoms with Gasteiger partial charge in [0.1, 0.15) is 16.7 Å². The molecule has 0 aliphatic rings. The average Bonchev–Trinajstić information content (AvgIpc) is 2.09. The van der Waals surface area contributed by atoms with Crippen LogP contribution in [-0.2, 0) is 0 Å². The zero-order valence-electron chi connectivity index (χ0n) is 7.93. The van der Waals surface area contributed by atoms with Gasteiger partial charge in [-0.05, 0) is 0 Å². The molecule has 1 aromatic heterocycles. The fourth-order valence-electron chi connectivity index (χ4n) is 0.906. The molecule has 1 heterocycles. The van der Waals surface area contributed by atoms with Crippen LogP contribution in [0.25, 0.3) is 0 Å². The summed E-state index contributed by atoms with van der Waals surface area (Å²) in [6.45, 7) is 4.00. The van der Waals surface area contributed by atoms with Gasteiger partial charge in [-0.25, -0.2) is 9.97 Å². The molecule has 72 valence electrons. The molecule has 0 aromatic carbocycles. The standard InChI is InChI=1S/C8H13ClN4/c1-4(2)7-12-6(10)5(9)8(11-3)13-7/h4H,1-3H3,(H3,10,11,12,13). The van der Waals surface area contributed by atoms with Crippen molar-refractivity contribution >= 4 is 23.2 Å². The van der Waals surface area contributed by atoms with E-state index < -0.39 is 0 Å². The minimum Gasteiger partial charge on any atom is -0.382 e. The van der Waals surface area contributed by atoms with Crippen molar-refractivity contribution in [3.05, 3.63) is 10.8 Å². The van der Waals surface area contributed by atoms with E-state index in [1.807, 2.05) is 13.8 Å². The van der Waals surface area contributed by atoms with Crippen molar-refractivity contribution in [1.82, 2.24) is 9.97 Å². The number of anilines is 2. The number of nitrogens with two attached hydrogens (primary N) is 1. The van der Waals surface area contributed by atoms with Crippen molar-refractivity contribution in [1.29, 1.82) is 0 Å². The molecule has 0 atom stereocenters. The quantitative estimate of drug-likeness (QED) is 0.765. The summed E-state index contributed by atoms with van der Waals surface area (Å²) in [5.41, 5.74) is 5.61. The summed E-state index contributed by atoms with van der Waals surface area (Å²) in [6, 6.07) is 0. The Hall–Kier alpha value is -1.03. The molecule has 0 aliphatic heterocycles. The normalized spacial score (nSPS) is 10.5. The van der Waals surface area contributed by atoms with Gasteiger partial charge < -0.3 is 11.1 Å². The number of nitrogen functional groups attached to an aromatic ring is 1. The van der Waals surface area contributed by atoms with Crippen LogP contribution in [0.4, 0.5) is 11.6 Å². The fourth-order valence-corrected chi connectivity index (χ4v) is 1.09. The number of hydrogen-bond acceptors (Lipinski definition) is 4. The molecule has 0 bridgehead atoms. The summed E-state index contributed by atoms with van der Waals surface area (Å²) in [5, 5.41) is 3.25. The van der Waals surface area contributed by atoms with Crippen molar-refractivity contribution < 1.29 is 0 Å². The first kappa shape index (κ1) is 10.1. The van der Waals surface area contributed by atoms with Gasteiger partial charge in [0.2, 0.25) is 0 Å². The number of nitrogens with one attached hydrogen (secondary N) is 1. The molecule has 3 N–H and O–H groups in total. The van der Waals surface area contributed by atoms with E-state index in [-0.39, 0.29) is 5.92 Å². The molecule has 0 amide bonds. The number of rotatable bonds is 2. The summed E-state index contributed by atoms with van der Waals surface area (Å²) in [7, 11) is 1.75. The minimum absolute atomic E-state index is 0.242. The van der Waals surface area contributed by atoms with E-state index in [1.165, 1.54) is 0 Å². The monoisotopic (exact) mass is 200 g/mol. The molecule has 4 nitrogen and oxygen atoms in total. The predicted octanol–water partition coefficient (Wildman–Crippen LogP) is 1.88. The molecule has 0 saturated carbocycles. The number of nitrogens with zero attached hydrogens (tertiary/aromatic N) is 2. The van der Waals surface area contributed by atoms with Crippen LogP contribution in [0.5, 0.6) is 0 Å². The molecular weight excluding hydrogens is 188 g/mol. The van der Waals surface area contributed by atoms with Gasteiger partial charge in [-0.3, -0.25) is 0 Å². The van der Waals surface area contributed by atoms with E-state index >= 15 is 0 Å². The second-order valence-corrected chi connectivity index (χ2v) is 3.41. The smallest absolute Gasteiger partial charge is 0.150 e. The van der Waals surface area contributed by atoms with Gasteiger partial charge in [0.05, 0.1) is 0 Å². The molecule has 5 heteroatoms. The van der Waals surface area contributed by atoms with E-state index in [9.17, 15) is 0 Å². The maximum Gasteiger partial charge on any atom is 0.150 e. The number of aromatic nitrogens is 2. The Labute approximate surface area is 82.5 Å². The molecule has 1 rings (SSSR count). The lowest BCUT2D eigenvalue weighted by Gasteiger charge is -2.09. The van der Waals surface area contributed by atoms with Crippen LogP contribution in [0.15, 0.2) is 0 Å². The Balaban J connectivity index is 3.22. The van der Waals surface area contributed by atoms with Gasteiger partial charge in [0, 0.05) is 13.0 Å². The van der Waals surface area contributed by atoms with Crippen molar-refractivity contribution in [2.45, 2.75) is 19.8 Å². The second kappa shape index (κ2) is 3.79. The molecule has 13 heavy (non-hydrogen) atoms. The third kappa shape index (κ3) is 2.01. The second-order valence-electron chi connectivity index (χ2n) is 3.03. The van der Waals surface area contributed by atoms with Crippen molar-refractivity contribution in [2.24, 2.45) is 0 Å². The highest BCUT2D eigenvalue weighted by atomic mass is 35.5. The molecule has 0 fully saturated rings. The Morgan fingerprint density at radius 2 is 2.00 bits per heavy atom. The topological polar surface area (TPSA) is 63.8 Å². The van der Waals surface area contributed by atoms with Crippen LogP contribution >= 0.6 is 11.6 Å². The zero-order valence-corrected chi connectivity index (χ0v) is 8.68. The summed E-state index contributed by atoms with van der Waals surface area (Å²) in [6.07, 6.45) is 0. The maximum atomic E-state index is 5.86. The summed E-state index contributed by atoms with van der Waals surface area (Å²) in [4.78, 5) is 8.29. The summed E-state index contributed by atoms with van der Waals surface area (Å²) < 4.78 is 0. The van der Waals surface area contributed by atoms with Crippen LogP contribution in [0.2, 0.25) is 5.02 Å². The predicted molar refractivity (Wildman–Crippen MR) is 55.1 cm³/mol. The first-order valence-electron chi connectivity index (χ1n) is 4.07. The van der Waals surface area contributed by atoms with Gasteiger partial charge in [-0.1, -0.05) is 25.4 Å². The first-order valence-corrected chi connectivity index (χ1v) is 4.44. The van der Waals surface area contributed by atoms with Gasteiger partial charge >= 0.3 is 0 Å². The van der Waals surface area contributed by atoms with Gasteiger partial charge in [0.25, 0.3) is 0 Å². The zero-order chi connectivity index (χ0) is 10.0. The molecule has 0 aliphatic carbocycles. The highest BCUT2D eigenvalue weighted by Gasteiger charge is 2.10. The largest absolute Gasteiger partial charge is 0.382 e. The van der Waals surface area contributed by atoms with Crippen LogP contribution in [-0.4, -0.2) is 17.0 Å². The average molecular weight is 201 g/mol. The van der Waals surface area contributed by atoms with Gasteiger partial charge in [0.15, 0.2) is 5.82 Å². The van der Waals surface area contributed by atoms with Crippen LogP contribution < -0.4 is 11.1 Å². The molecule has 0 unspecified atom stereocenters. The van der Waals surface area contributed by atoms with Crippen LogP contribution in [0.1, 0.15) is 25.6 Å². The Morgan fingerprint density at radius 1 is 1.38 bits per heavy atom. The van der Waals surface area contributed by atoms with Gasteiger partial charge in [-0.2, -0.15) is 0 Å². The van der Waals surface area contributed by atoms with Crippen molar-refractivity contribution in [3.8, 4) is 0 Å². The van der Waals surface area contributed by atoms with Crippen molar-refractivity contribution in [3.63, 3.8) is 0 Å². The summed E-state index contributed by atoms with van der Waals surface area (Å²) in [5.74, 6) is 1.85. The third-order valence-electron chi connectivity index (χ3n) is 1.65. The highest BCUT2D eigenvalue weighted by molar-refractivity contribution is 6.35. The fraction of sp³-hybridized carbons (Fsp3) is 0.500. The highest BCUT2D eigenvalue weighted by Crippen LogP contribution is 2.26. The van der Waals surface area contributed by atoms with E-state index in [2.05, 4.69) is 15.3 Å². The summed E-state index contributed by atoms with van der Waals surface area (Å²) >= 11 is 5.86. The van der Waals surface area contributed by atoms with E-state index in [4.69, 9.17) is 17.3 Å². The van der Waals surface area contributed by atoms with Crippen molar-refractivity contribution in [2.75, 3.05) is 18.1 Å². The molecule has 0 spiro atoms. The Kier molecular flexibility index (Phi) is 2.93. The molecule has 0 saturated heterocycles. The number of halogens is 1. The SMILES string of the molecule is CNc1nc(C(C)C)nc(N)c1Cl. The Morgan fingerprint density at radius 3 is 2.46 bits per heavy atom. The Bertz CT molecular complexity index is 311. The van der Waals surface area contributed by atoms with Crippen LogP contribution in [0.3, 0.4) is 0 Å².